The summed E-state index contributed by atoms with van der Waals surface area (Å²) in [6, 6.07) is 7.52. The summed E-state index contributed by atoms with van der Waals surface area (Å²) in [5.74, 6) is 0.405. The molecular formula is C16H24ClNO3. The van der Waals surface area contributed by atoms with Crippen LogP contribution < -0.4 is 4.74 Å². The van der Waals surface area contributed by atoms with Crippen molar-refractivity contribution >= 4 is 24.5 Å². The van der Waals surface area contributed by atoms with Crippen LogP contribution in [0.2, 0.25) is 0 Å². The first kappa shape index (κ1) is 19.5. The standard InChI is InChI=1S/C16H23NO3.ClH/c1-4-17(5-2)12-13-20-16(18)11-10-14-8-6-7-9-15(14)19-3;/h6-11H,4-5,12-13H2,1-3H3;1H. The molecule has 0 atom stereocenters. The van der Waals surface area contributed by atoms with E-state index in [9.17, 15) is 4.79 Å². The molecule has 0 fully saturated rings. The zero-order valence-corrected chi connectivity index (χ0v) is 13.7. The normalized spacial score (nSPS) is 10.5. The monoisotopic (exact) mass is 313 g/mol. The van der Waals surface area contributed by atoms with Crippen LogP contribution in [-0.4, -0.2) is 44.2 Å². The second-order valence-corrected chi connectivity index (χ2v) is 4.27. The van der Waals surface area contributed by atoms with Crippen molar-refractivity contribution in [3.05, 3.63) is 35.9 Å². The fourth-order valence-corrected chi connectivity index (χ4v) is 1.83. The Kier molecular flexibility index (Phi) is 10.4. The second kappa shape index (κ2) is 11.2. The predicted molar refractivity (Wildman–Crippen MR) is 88.0 cm³/mol. The maximum atomic E-state index is 11.6. The van der Waals surface area contributed by atoms with Crippen molar-refractivity contribution in [3.63, 3.8) is 0 Å². The Bertz CT molecular complexity index is 445. The van der Waals surface area contributed by atoms with Crippen LogP contribution in [0.25, 0.3) is 6.08 Å². The van der Waals surface area contributed by atoms with E-state index in [1.165, 1.54) is 6.08 Å². The number of carbonyl (C=O) groups is 1. The van der Waals surface area contributed by atoms with Crippen molar-refractivity contribution in [1.82, 2.24) is 4.90 Å². The summed E-state index contributed by atoms with van der Waals surface area (Å²) in [6.45, 7) is 7.29. The van der Waals surface area contributed by atoms with E-state index in [0.29, 0.717) is 6.61 Å². The summed E-state index contributed by atoms with van der Waals surface area (Å²) < 4.78 is 10.4. The number of nitrogens with zero attached hydrogens (tertiary/aromatic N) is 1. The first-order valence-corrected chi connectivity index (χ1v) is 6.91. The first-order valence-electron chi connectivity index (χ1n) is 6.91. The van der Waals surface area contributed by atoms with Crippen LogP contribution in [0.15, 0.2) is 30.3 Å². The number of benzene rings is 1. The zero-order valence-electron chi connectivity index (χ0n) is 12.9. The smallest absolute Gasteiger partial charge is 0.330 e. The lowest BCUT2D eigenvalue weighted by Crippen LogP contribution is -2.27. The number of halogens is 1. The Morgan fingerprint density at radius 1 is 1.24 bits per heavy atom. The Balaban J connectivity index is 0.00000400. The lowest BCUT2D eigenvalue weighted by atomic mass is 10.2. The largest absolute Gasteiger partial charge is 0.496 e. The Labute approximate surface area is 133 Å². The summed E-state index contributed by atoms with van der Waals surface area (Å²) in [5, 5.41) is 0. The van der Waals surface area contributed by atoms with Gasteiger partial charge in [-0.2, -0.15) is 0 Å². The average molecular weight is 314 g/mol. The molecule has 0 saturated carbocycles. The van der Waals surface area contributed by atoms with Crippen LogP contribution in [-0.2, 0) is 9.53 Å². The van der Waals surface area contributed by atoms with Crippen molar-refractivity contribution < 1.29 is 14.3 Å². The van der Waals surface area contributed by atoms with Crippen molar-refractivity contribution in [3.8, 4) is 5.75 Å². The molecule has 0 aliphatic carbocycles. The molecule has 1 rings (SSSR count). The summed E-state index contributed by atoms with van der Waals surface area (Å²) in [5.41, 5.74) is 0.857. The highest BCUT2D eigenvalue weighted by atomic mass is 35.5. The Morgan fingerprint density at radius 3 is 2.52 bits per heavy atom. The van der Waals surface area contributed by atoms with Gasteiger partial charge >= 0.3 is 5.97 Å². The van der Waals surface area contributed by atoms with Crippen molar-refractivity contribution in [1.29, 1.82) is 0 Å². The van der Waals surface area contributed by atoms with Gasteiger partial charge in [0.1, 0.15) is 12.4 Å². The molecule has 1 aromatic carbocycles. The van der Waals surface area contributed by atoms with E-state index in [-0.39, 0.29) is 18.4 Å². The highest BCUT2D eigenvalue weighted by molar-refractivity contribution is 5.87. The molecule has 0 N–H and O–H groups in total. The van der Waals surface area contributed by atoms with Crippen molar-refractivity contribution in [2.75, 3.05) is 33.4 Å². The molecule has 0 aliphatic heterocycles. The number of hydrogen-bond donors (Lipinski definition) is 0. The molecule has 0 aromatic heterocycles. The number of likely N-dealkylation sites (N-methyl/N-ethyl adjacent to an activating group) is 1. The van der Waals surface area contributed by atoms with Crippen LogP contribution in [0, 0.1) is 0 Å². The van der Waals surface area contributed by atoms with Gasteiger partial charge in [0.25, 0.3) is 0 Å². The molecule has 0 spiro atoms. The fraction of sp³-hybridized carbons (Fsp3) is 0.438. The van der Waals surface area contributed by atoms with Gasteiger partial charge in [-0.25, -0.2) is 4.79 Å². The van der Waals surface area contributed by atoms with Gasteiger partial charge in [-0.15, -0.1) is 12.4 Å². The van der Waals surface area contributed by atoms with Gasteiger partial charge in [0.2, 0.25) is 0 Å². The molecule has 0 aliphatic rings. The number of ether oxygens (including phenoxy) is 2. The fourth-order valence-electron chi connectivity index (χ4n) is 1.83. The molecule has 0 saturated heterocycles. The third-order valence-electron chi connectivity index (χ3n) is 3.08. The van der Waals surface area contributed by atoms with E-state index in [1.54, 1.807) is 13.2 Å². The van der Waals surface area contributed by atoms with Gasteiger partial charge in [-0.1, -0.05) is 32.0 Å². The molecule has 0 heterocycles. The molecule has 118 valence electrons. The SMILES string of the molecule is CCN(CC)CCOC(=O)C=Cc1ccccc1OC.Cl. The van der Waals surface area contributed by atoms with E-state index in [2.05, 4.69) is 18.7 Å². The van der Waals surface area contributed by atoms with E-state index in [4.69, 9.17) is 9.47 Å². The van der Waals surface area contributed by atoms with Crippen LogP contribution in [0.5, 0.6) is 5.75 Å². The predicted octanol–water partition coefficient (Wildman–Crippen LogP) is 3.02. The van der Waals surface area contributed by atoms with Gasteiger partial charge in [0, 0.05) is 18.2 Å². The summed E-state index contributed by atoms with van der Waals surface area (Å²) in [4.78, 5) is 13.8. The molecule has 5 heteroatoms. The van der Waals surface area contributed by atoms with Crippen LogP contribution in [0.3, 0.4) is 0 Å². The third-order valence-corrected chi connectivity index (χ3v) is 3.08. The summed E-state index contributed by atoms with van der Waals surface area (Å²) in [7, 11) is 1.61. The molecule has 4 nitrogen and oxygen atoms in total. The quantitative estimate of drug-likeness (QED) is 0.546. The van der Waals surface area contributed by atoms with Crippen LogP contribution in [0.4, 0.5) is 0 Å². The van der Waals surface area contributed by atoms with Crippen molar-refractivity contribution in [2.45, 2.75) is 13.8 Å². The van der Waals surface area contributed by atoms with Gasteiger partial charge in [0.15, 0.2) is 0 Å². The molecule has 1 aromatic rings. The van der Waals surface area contributed by atoms with E-state index >= 15 is 0 Å². The maximum Gasteiger partial charge on any atom is 0.330 e. The number of hydrogen-bond acceptors (Lipinski definition) is 4. The van der Waals surface area contributed by atoms with Gasteiger partial charge in [-0.3, -0.25) is 0 Å². The Hall–Kier alpha value is -1.52. The number of methoxy groups -OCH3 is 1. The Morgan fingerprint density at radius 2 is 1.90 bits per heavy atom. The molecule has 0 radical (unpaired) electrons. The highest BCUT2D eigenvalue weighted by Gasteiger charge is 2.02. The number of esters is 1. The lowest BCUT2D eigenvalue weighted by Gasteiger charge is -2.17. The lowest BCUT2D eigenvalue weighted by molar-refractivity contribution is -0.138. The molecule has 0 unspecified atom stereocenters. The summed E-state index contributed by atoms with van der Waals surface area (Å²) >= 11 is 0. The zero-order chi connectivity index (χ0) is 14.8. The van der Waals surface area contributed by atoms with Crippen LogP contribution >= 0.6 is 12.4 Å². The highest BCUT2D eigenvalue weighted by Crippen LogP contribution is 2.18. The molecule has 0 bridgehead atoms. The minimum atomic E-state index is -0.330. The van der Waals surface area contributed by atoms with Crippen molar-refractivity contribution in [2.24, 2.45) is 0 Å². The minimum Gasteiger partial charge on any atom is -0.496 e. The third kappa shape index (κ3) is 7.16. The maximum absolute atomic E-state index is 11.6. The number of rotatable bonds is 8. The molecular weight excluding hydrogens is 290 g/mol. The van der Waals surface area contributed by atoms with E-state index < -0.39 is 0 Å². The first-order chi connectivity index (χ1) is 9.71. The van der Waals surface area contributed by atoms with Gasteiger partial charge < -0.3 is 14.4 Å². The van der Waals surface area contributed by atoms with Gasteiger partial charge in [0.05, 0.1) is 7.11 Å². The van der Waals surface area contributed by atoms with Gasteiger partial charge in [-0.05, 0) is 25.2 Å². The number of carbonyl (C=O) groups excluding carboxylic acids is 1. The average Bonchev–Trinajstić information content (AvgIpc) is 2.49. The van der Waals surface area contributed by atoms with E-state index in [1.807, 2.05) is 24.3 Å². The summed E-state index contributed by atoms with van der Waals surface area (Å²) in [6.07, 6.45) is 3.14. The topological polar surface area (TPSA) is 38.8 Å². The van der Waals surface area contributed by atoms with E-state index in [0.717, 1.165) is 30.9 Å². The van der Waals surface area contributed by atoms with Crippen LogP contribution in [0.1, 0.15) is 19.4 Å². The molecule has 21 heavy (non-hydrogen) atoms. The minimum absolute atomic E-state index is 0. The number of para-hydroxylation sites is 1. The second-order valence-electron chi connectivity index (χ2n) is 4.27. The molecule has 0 amide bonds.